The predicted octanol–water partition coefficient (Wildman–Crippen LogP) is 4.39. The second-order valence-electron chi connectivity index (χ2n) is 10.2. The van der Waals surface area contributed by atoms with Gasteiger partial charge in [-0.2, -0.15) is 0 Å². The summed E-state index contributed by atoms with van der Waals surface area (Å²) in [5.74, 6) is -0.663. The van der Waals surface area contributed by atoms with Crippen molar-refractivity contribution in [2.45, 2.75) is 72.4 Å². The Labute approximate surface area is 216 Å². The molecule has 8 heteroatoms. The first-order chi connectivity index (χ1) is 16.8. The molecule has 1 atom stereocenters. The van der Waals surface area contributed by atoms with Crippen molar-refractivity contribution in [1.29, 1.82) is 0 Å². The van der Waals surface area contributed by atoms with E-state index < -0.39 is 28.5 Å². The molecule has 0 fully saturated rings. The first-order valence-corrected chi connectivity index (χ1v) is 14.3. The molecule has 0 saturated heterocycles. The van der Waals surface area contributed by atoms with Crippen LogP contribution >= 0.6 is 0 Å². The number of hydrogen-bond donors (Lipinski definition) is 1. The van der Waals surface area contributed by atoms with Gasteiger partial charge in [0.15, 0.2) is 0 Å². The third-order valence-corrected chi connectivity index (χ3v) is 7.38. The largest absolute Gasteiger partial charge is 0.354 e. The molecule has 0 radical (unpaired) electrons. The molecule has 0 bridgehead atoms. The maximum absolute atomic E-state index is 13.7. The molecule has 7 nitrogen and oxygen atoms in total. The van der Waals surface area contributed by atoms with Crippen LogP contribution in [0, 0.1) is 6.92 Å². The molecule has 0 spiro atoms. The Morgan fingerprint density at radius 1 is 1.00 bits per heavy atom. The van der Waals surface area contributed by atoms with Crippen molar-refractivity contribution in [1.82, 2.24) is 10.2 Å². The zero-order chi connectivity index (χ0) is 27.1. The average molecular weight is 516 g/mol. The van der Waals surface area contributed by atoms with Crippen molar-refractivity contribution in [3.05, 3.63) is 65.2 Å². The van der Waals surface area contributed by atoms with Crippen LogP contribution in [0.3, 0.4) is 0 Å². The molecule has 36 heavy (non-hydrogen) atoms. The van der Waals surface area contributed by atoms with E-state index in [0.29, 0.717) is 18.7 Å². The van der Waals surface area contributed by atoms with Gasteiger partial charge in [-0.1, -0.05) is 71.0 Å². The Balaban J connectivity index is 2.44. The Morgan fingerprint density at radius 3 is 2.11 bits per heavy atom. The molecule has 2 amide bonds. The Morgan fingerprint density at radius 2 is 1.61 bits per heavy atom. The lowest BCUT2D eigenvalue weighted by molar-refractivity contribution is -0.140. The zero-order valence-corrected chi connectivity index (χ0v) is 23.5. The summed E-state index contributed by atoms with van der Waals surface area (Å²) in [5.41, 5.74) is 3.29. The monoisotopic (exact) mass is 515 g/mol. The predicted molar refractivity (Wildman–Crippen MR) is 146 cm³/mol. The van der Waals surface area contributed by atoms with E-state index in [0.717, 1.165) is 33.7 Å². The summed E-state index contributed by atoms with van der Waals surface area (Å²) in [6.07, 6.45) is 2.28. The van der Waals surface area contributed by atoms with Gasteiger partial charge >= 0.3 is 0 Å². The minimum atomic E-state index is -3.76. The number of hydrogen-bond acceptors (Lipinski definition) is 4. The smallest absolute Gasteiger partial charge is 0.244 e. The van der Waals surface area contributed by atoms with Crippen LogP contribution in [-0.2, 0) is 31.6 Å². The van der Waals surface area contributed by atoms with Gasteiger partial charge in [-0.05, 0) is 54.0 Å². The highest BCUT2D eigenvalue weighted by atomic mass is 32.2. The van der Waals surface area contributed by atoms with E-state index in [1.807, 2.05) is 57.2 Å². The van der Waals surface area contributed by atoms with E-state index in [1.165, 1.54) is 4.90 Å². The summed E-state index contributed by atoms with van der Waals surface area (Å²) in [7, 11) is -3.76. The number of anilines is 1. The van der Waals surface area contributed by atoms with Crippen LogP contribution in [0.1, 0.15) is 64.2 Å². The van der Waals surface area contributed by atoms with Crippen LogP contribution in [0.15, 0.2) is 48.5 Å². The first-order valence-electron chi connectivity index (χ1n) is 12.5. The minimum absolute atomic E-state index is 0.0885. The van der Waals surface area contributed by atoms with Crippen LogP contribution in [0.25, 0.3) is 0 Å². The van der Waals surface area contributed by atoms with Gasteiger partial charge in [-0.3, -0.25) is 13.9 Å². The van der Waals surface area contributed by atoms with Crippen LogP contribution in [0.2, 0.25) is 0 Å². The normalized spacial score (nSPS) is 12.6. The third kappa shape index (κ3) is 7.82. The van der Waals surface area contributed by atoms with Crippen LogP contribution in [-0.4, -0.2) is 50.5 Å². The fourth-order valence-electron chi connectivity index (χ4n) is 4.00. The molecule has 0 aliphatic rings. The van der Waals surface area contributed by atoms with Gasteiger partial charge in [0.05, 0.1) is 11.9 Å². The summed E-state index contributed by atoms with van der Waals surface area (Å²) < 4.78 is 26.7. The van der Waals surface area contributed by atoms with Crippen LogP contribution in [0.4, 0.5) is 5.69 Å². The summed E-state index contributed by atoms with van der Waals surface area (Å²) >= 11 is 0. The van der Waals surface area contributed by atoms with E-state index in [2.05, 4.69) is 26.1 Å². The Kier molecular flexibility index (Phi) is 10.1. The molecule has 0 unspecified atom stereocenters. The van der Waals surface area contributed by atoms with Gasteiger partial charge in [0.1, 0.15) is 12.6 Å². The number of carbonyl (C=O) groups is 2. The van der Waals surface area contributed by atoms with E-state index in [-0.39, 0.29) is 17.9 Å². The lowest BCUT2D eigenvalue weighted by Gasteiger charge is -2.33. The summed E-state index contributed by atoms with van der Waals surface area (Å²) in [5, 5.41) is 2.89. The number of aryl methyl sites for hydroxylation is 1. The molecular weight excluding hydrogens is 474 g/mol. The first kappa shape index (κ1) is 29.4. The van der Waals surface area contributed by atoms with Gasteiger partial charge < -0.3 is 10.2 Å². The minimum Gasteiger partial charge on any atom is -0.354 e. The van der Waals surface area contributed by atoms with Crippen molar-refractivity contribution in [2.24, 2.45) is 0 Å². The molecule has 0 aliphatic carbocycles. The lowest BCUT2D eigenvalue weighted by Crippen LogP contribution is -2.52. The number of carbonyl (C=O) groups excluding carboxylic acids is 2. The third-order valence-electron chi connectivity index (χ3n) is 6.24. The molecular formula is C28H41N3O4S. The number of nitrogens with one attached hydrogen (secondary N) is 1. The van der Waals surface area contributed by atoms with Gasteiger partial charge in [0.2, 0.25) is 21.8 Å². The maximum Gasteiger partial charge on any atom is 0.244 e. The maximum atomic E-state index is 13.7. The van der Waals surface area contributed by atoms with Crippen LogP contribution < -0.4 is 9.62 Å². The van der Waals surface area contributed by atoms with E-state index in [4.69, 9.17) is 0 Å². The molecule has 0 saturated carbocycles. The molecule has 0 heterocycles. The highest BCUT2D eigenvalue weighted by Crippen LogP contribution is 2.26. The molecule has 2 aromatic rings. The van der Waals surface area contributed by atoms with E-state index in [1.54, 1.807) is 12.1 Å². The van der Waals surface area contributed by atoms with Crippen LogP contribution in [0.5, 0.6) is 0 Å². The van der Waals surface area contributed by atoms with Gasteiger partial charge in [0.25, 0.3) is 0 Å². The highest BCUT2D eigenvalue weighted by molar-refractivity contribution is 7.92. The quantitative estimate of drug-likeness (QED) is 0.481. The number of nitrogens with zero attached hydrogens (tertiary/aromatic N) is 2. The zero-order valence-electron chi connectivity index (χ0n) is 22.7. The fourth-order valence-corrected chi connectivity index (χ4v) is 4.85. The second kappa shape index (κ2) is 12.4. The standard InChI is InChI=1S/C28H41N3O4S/c1-8-18-29-27(33)25(9-2)30(19-22-13-11-10-12-21(22)3)26(32)20-31(36(7,34)35)24-16-14-23(15-17-24)28(4,5)6/h10-17,25H,8-9,18-20H2,1-7H3,(H,29,33)/t25-/m1/s1. The van der Waals surface area contributed by atoms with Crippen molar-refractivity contribution >= 4 is 27.5 Å². The average Bonchev–Trinajstić information content (AvgIpc) is 2.80. The number of sulfonamides is 1. The molecule has 2 aromatic carbocycles. The highest BCUT2D eigenvalue weighted by Gasteiger charge is 2.32. The number of benzene rings is 2. The Bertz CT molecular complexity index is 1140. The Hall–Kier alpha value is -2.87. The van der Waals surface area contributed by atoms with Crippen molar-refractivity contribution < 1.29 is 18.0 Å². The second-order valence-corrected chi connectivity index (χ2v) is 12.1. The summed E-state index contributed by atoms with van der Waals surface area (Å²) in [6, 6.07) is 14.2. The van der Waals surface area contributed by atoms with Gasteiger partial charge in [-0.15, -0.1) is 0 Å². The summed E-state index contributed by atoms with van der Waals surface area (Å²) in [4.78, 5) is 28.2. The molecule has 0 aromatic heterocycles. The van der Waals surface area contributed by atoms with Crippen molar-refractivity contribution in [3.63, 3.8) is 0 Å². The number of amides is 2. The van der Waals surface area contributed by atoms with E-state index >= 15 is 0 Å². The van der Waals surface area contributed by atoms with Gasteiger partial charge in [0, 0.05) is 13.1 Å². The SMILES string of the molecule is CCCNC(=O)[C@@H](CC)N(Cc1ccccc1C)C(=O)CN(c1ccc(C(C)(C)C)cc1)S(C)(=O)=O. The molecule has 2 rings (SSSR count). The number of rotatable bonds is 11. The molecule has 1 N–H and O–H groups in total. The fraction of sp³-hybridized carbons (Fsp3) is 0.500. The molecule has 0 aliphatic heterocycles. The van der Waals surface area contributed by atoms with Crippen molar-refractivity contribution in [3.8, 4) is 0 Å². The lowest BCUT2D eigenvalue weighted by atomic mass is 9.87. The van der Waals surface area contributed by atoms with E-state index in [9.17, 15) is 18.0 Å². The van der Waals surface area contributed by atoms with Gasteiger partial charge in [-0.25, -0.2) is 8.42 Å². The topological polar surface area (TPSA) is 86.8 Å². The molecule has 198 valence electrons. The summed E-state index contributed by atoms with van der Waals surface area (Å²) in [6.45, 7) is 12.3. The van der Waals surface area contributed by atoms with Crippen molar-refractivity contribution in [2.75, 3.05) is 23.7 Å².